The standard InChI is InChI=1S/C13H20N2O3/c1-6-10(18-5)12-14-8(3)11(9(4)15-12)7(2)13(16)17/h7,10H,6H2,1-5H3,(H,16,17). The van der Waals surface area contributed by atoms with Crippen molar-refractivity contribution in [1.82, 2.24) is 9.97 Å². The molecule has 0 spiro atoms. The first kappa shape index (κ1) is 14.6. The van der Waals surface area contributed by atoms with Crippen LogP contribution >= 0.6 is 0 Å². The van der Waals surface area contributed by atoms with Crippen molar-refractivity contribution in [2.75, 3.05) is 7.11 Å². The second-order valence-electron chi connectivity index (χ2n) is 4.36. The number of aliphatic carboxylic acids is 1. The highest BCUT2D eigenvalue weighted by Crippen LogP contribution is 2.24. The van der Waals surface area contributed by atoms with Gasteiger partial charge in [-0.2, -0.15) is 0 Å². The van der Waals surface area contributed by atoms with Crippen LogP contribution in [0, 0.1) is 13.8 Å². The minimum atomic E-state index is -0.865. The molecule has 1 rings (SSSR count). The van der Waals surface area contributed by atoms with Crippen LogP contribution in [0.4, 0.5) is 0 Å². The lowest BCUT2D eigenvalue weighted by Gasteiger charge is -2.17. The van der Waals surface area contributed by atoms with Gasteiger partial charge in [-0.1, -0.05) is 6.92 Å². The van der Waals surface area contributed by atoms with Gasteiger partial charge in [0.2, 0.25) is 0 Å². The van der Waals surface area contributed by atoms with E-state index in [9.17, 15) is 4.79 Å². The van der Waals surface area contributed by atoms with Gasteiger partial charge in [0.25, 0.3) is 0 Å². The molecule has 2 unspecified atom stereocenters. The SMILES string of the molecule is CCC(OC)c1nc(C)c(C(C)C(=O)O)c(C)n1. The van der Waals surface area contributed by atoms with Crippen LogP contribution in [0.5, 0.6) is 0 Å². The van der Waals surface area contributed by atoms with Crippen molar-refractivity contribution in [3.8, 4) is 0 Å². The quantitative estimate of drug-likeness (QED) is 0.871. The smallest absolute Gasteiger partial charge is 0.310 e. The number of carboxylic acid groups (broad SMARTS) is 1. The van der Waals surface area contributed by atoms with E-state index in [2.05, 4.69) is 9.97 Å². The molecule has 0 bridgehead atoms. The first-order chi connectivity index (χ1) is 8.42. The van der Waals surface area contributed by atoms with Gasteiger partial charge in [-0.15, -0.1) is 0 Å². The van der Waals surface area contributed by atoms with Gasteiger partial charge < -0.3 is 9.84 Å². The minimum absolute atomic E-state index is 0.142. The zero-order valence-electron chi connectivity index (χ0n) is 11.5. The second kappa shape index (κ2) is 5.91. The molecular formula is C13H20N2O3. The van der Waals surface area contributed by atoms with Crippen LogP contribution in [-0.2, 0) is 9.53 Å². The summed E-state index contributed by atoms with van der Waals surface area (Å²) in [6.45, 7) is 7.27. The topological polar surface area (TPSA) is 72.3 Å². The Balaban J connectivity index is 3.24. The van der Waals surface area contributed by atoms with E-state index in [1.807, 2.05) is 20.8 Å². The molecule has 0 aliphatic rings. The van der Waals surface area contributed by atoms with Gasteiger partial charge in [0.15, 0.2) is 5.82 Å². The maximum atomic E-state index is 11.1. The Hall–Kier alpha value is -1.49. The summed E-state index contributed by atoms with van der Waals surface area (Å²) in [5.74, 6) is -0.839. The molecule has 0 saturated heterocycles. The number of hydrogen-bond donors (Lipinski definition) is 1. The van der Waals surface area contributed by atoms with Gasteiger partial charge in [-0.05, 0) is 27.2 Å². The average molecular weight is 252 g/mol. The Labute approximate surface area is 107 Å². The van der Waals surface area contributed by atoms with Gasteiger partial charge in [0, 0.05) is 24.1 Å². The minimum Gasteiger partial charge on any atom is -0.481 e. The van der Waals surface area contributed by atoms with Crippen molar-refractivity contribution < 1.29 is 14.6 Å². The highest BCUT2D eigenvalue weighted by Gasteiger charge is 2.22. The third-order valence-corrected chi connectivity index (χ3v) is 3.09. The van der Waals surface area contributed by atoms with Gasteiger partial charge in [-0.3, -0.25) is 4.79 Å². The molecule has 0 radical (unpaired) electrons. The van der Waals surface area contributed by atoms with Gasteiger partial charge >= 0.3 is 5.97 Å². The molecule has 2 atom stereocenters. The second-order valence-corrected chi connectivity index (χ2v) is 4.36. The monoisotopic (exact) mass is 252 g/mol. The normalized spacial score (nSPS) is 14.3. The third kappa shape index (κ3) is 2.85. The van der Waals surface area contributed by atoms with Gasteiger partial charge in [0.05, 0.1) is 5.92 Å². The molecule has 1 heterocycles. The molecule has 0 aliphatic carbocycles. The highest BCUT2D eigenvalue weighted by atomic mass is 16.5. The Bertz CT molecular complexity index is 419. The van der Waals surface area contributed by atoms with E-state index >= 15 is 0 Å². The van der Waals surface area contributed by atoms with E-state index < -0.39 is 11.9 Å². The largest absolute Gasteiger partial charge is 0.481 e. The van der Waals surface area contributed by atoms with E-state index in [4.69, 9.17) is 9.84 Å². The van der Waals surface area contributed by atoms with Crippen molar-refractivity contribution in [2.45, 2.75) is 46.1 Å². The summed E-state index contributed by atoms with van der Waals surface area (Å²) in [4.78, 5) is 19.8. The Morgan fingerprint density at radius 3 is 2.17 bits per heavy atom. The van der Waals surface area contributed by atoms with Crippen molar-refractivity contribution in [1.29, 1.82) is 0 Å². The van der Waals surface area contributed by atoms with Crippen LogP contribution in [0.2, 0.25) is 0 Å². The van der Waals surface area contributed by atoms with E-state index in [0.717, 1.165) is 6.42 Å². The summed E-state index contributed by atoms with van der Waals surface area (Å²) in [7, 11) is 1.62. The summed E-state index contributed by atoms with van der Waals surface area (Å²) in [5.41, 5.74) is 2.11. The van der Waals surface area contributed by atoms with E-state index in [1.165, 1.54) is 0 Å². The molecular weight excluding hydrogens is 232 g/mol. The highest BCUT2D eigenvalue weighted by molar-refractivity contribution is 5.76. The number of rotatable bonds is 5. The number of carboxylic acids is 1. The summed E-state index contributed by atoms with van der Waals surface area (Å²) in [6.07, 6.45) is 0.639. The molecule has 5 nitrogen and oxygen atoms in total. The summed E-state index contributed by atoms with van der Waals surface area (Å²) in [5, 5.41) is 9.07. The lowest BCUT2D eigenvalue weighted by Crippen LogP contribution is -2.16. The number of nitrogens with zero attached hydrogens (tertiary/aromatic N) is 2. The summed E-state index contributed by atoms with van der Waals surface area (Å²) >= 11 is 0. The predicted octanol–water partition coefficient (Wildman–Crippen LogP) is 2.38. The van der Waals surface area contributed by atoms with Crippen LogP contribution in [0.1, 0.15) is 55.1 Å². The molecule has 1 N–H and O–H groups in total. The summed E-state index contributed by atoms with van der Waals surface area (Å²) < 4.78 is 5.30. The van der Waals surface area contributed by atoms with E-state index in [1.54, 1.807) is 14.0 Å². The molecule has 0 aliphatic heterocycles. The number of aromatic nitrogens is 2. The molecule has 1 aromatic heterocycles. The molecule has 18 heavy (non-hydrogen) atoms. The first-order valence-corrected chi connectivity index (χ1v) is 6.02. The average Bonchev–Trinajstić information content (AvgIpc) is 2.29. The van der Waals surface area contributed by atoms with Gasteiger partial charge in [0.1, 0.15) is 6.10 Å². The van der Waals surface area contributed by atoms with Crippen molar-refractivity contribution in [2.24, 2.45) is 0 Å². The van der Waals surface area contributed by atoms with Gasteiger partial charge in [-0.25, -0.2) is 9.97 Å². The number of carbonyl (C=O) groups is 1. The molecule has 0 fully saturated rings. The molecule has 0 amide bonds. The lowest BCUT2D eigenvalue weighted by molar-refractivity contribution is -0.138. The lowest BCUT2D eigenvalue weighted by atomic mass is 9.98. The zero-order chi connectivity index (χ0) is 13.9. The first-order valence-electron chi connectivity index (χ1n) is 6.02. The van der Waals surface area contributed by atoms with Crippen LogP contribution in [0.3, 0.4) is 0 Å². The van der Waals surface area contributed by atoms with Crippen molar-refractivity contribution >= 4 is 5.97 Å². The Morgan fingerprint density at radius 2 is 1.83 bits per heavy atom. The number of hydrogen-bond acceptors (Lipinski definition) is 4. The predicted molar refractivity (Wildman–Crippen MR) is 67.6 cm³/mol. The maximum Gasteiger partial charge on any atom is 0.310 e. The molecule has 1 aromatic rings. The van der Waals surface area contributed by atoms with E-state index in [0.29, 0.717) is 22.8 Å². The Kier molecular flexibility index (Phi) is 4.78. The fraction of sp³-hybridized carbons (Fsp3) is 0.615. The molecule has 0 saturated carbocycles. The molecule has 100 valence electrons. The van der Waals surface area contributed by atoms with Crippen molar-refractivity contribution in [3.63, 3.8) is 0 Å². The zero-order valence-corrected chi connectivity index (χ0v) is 11.5. The maximum absolute atomic E-state index is 11.1. The fourth-order valence-electron chi connectivity index (χ4n) is 2.10. The van der Waals surface area contributed by atoms with Crippen molar-refractivity contribution in [3.05, 3.63) is 22.8 Å². The van der Waals surface area contributed by atoms with Crippen LogP contribution in [0.25, 0.3) is 0 Å². The molecule has 5 heteroatoms. The fourth-order valence-corrected chi connectivity index (χ4v) is 2.10. The van der Waals surface area contributed by atoms with Crippen LogP contribution < -0.4 is 0 Å². The van der Waals surface area contributed by atoms with Crippen LogP contribution in [-0.4, -0.2) is 28.2 Å². The van der Waals surface area contributed by atoms with E-state index in [-0.39, 0.29) is 6.10 Å². The number of aryl methyl sites for hydroxylation is 2. The van der Waals surface area contributed by atoms with Crippen LogP contribution in [0.15, 0.2) is 0 Å². The number of ether oxygens (including phenoxy) is 1. The summed E-state index contributed by atoms with van der Waals surface area (Å²) in [6, 6.07) is 0. The molecule has 0 aromatic carbocycles. The Morgan fingerprint density at radius 1 is 1.33 bits per heavy atom. The number of methoxy groups -OCH3 is 1. The third-order valence-electron chi connectivity index (χ3n) is 3.09.